The van der Waals surface area contributed by atoms with Crippen molar-refractivity contribution in [1.29, 1.82) is 0 Å². The predicted molar refractivity (Wildman–Crippen MR) is 111 cm³/mol. The monoisotopic (exact) mass is 382 g/mol. The molecule has 0 aromatic heterocycles. The first-order chi connectivity index (χ1) is 13.2. The third kappa shape index (κ3) is 4.27. The highest BCUT2D eigenvalue weighted by atomic mass is 35.5. The van der Waals surface area contributed by atoms with E-state index in [0.29, 0.717) is 0 Å². The summed E-state index contributed by atoms with van der Waals surface area (Å²) >= 11 is 5.99. The minimum Gasteiger partial charge on any atom is -0.496 e. The van der Waals surface area contributed by atoms with Crippen LogP contribution in [0.25, 0.3) is 10.8 Å². The molecule has 1 fully saturated rings. The highest BCUT2D eigenvalue weighted by Gasteiger charge is 2.23. The topological polar surface area (TPSA) is 18.1 Å². The molecule has 0 atom stereocenters. The van der Waals surface area contributed by atoms with Crippen LogP contribution in [-0.4, -0.2) is 33.3 Å². The first-order valence-corrected chi connectivity index (χ1v) is 10.1. The molecule has 4 heteroatoms. The molecule has 3 aromatic rings. The number of rotatable bonds is 5. The third-order valence-electron chi connectivity index (χ3n) is 5.67. The van der Waals surface area contributed by atoms with Gasteiger partial charge in [0, 0.05) is 21.5 Å². The average molecular weight is 383 g/mol. The van der Waals surface area contributed by atoms with Crippen molar-refractivity contribution in [2.45, 2.75) is 13.1 Å². The zero-order valence-electron chi connectivity index (χ0n) is 15.8. The van der Waals surface area contributed by atoms with Gasteiger partial charge in [-0.1, -0.05) is 48.0 Å². The lowest BCUT2D eigenvalue weighted by molar-refractivity contribution is -1.02. The fourth-order valence-electron chi connectivity index (χ4n) is 4.14. The number of benzene rings is 3. The second-order valence-electron chi connectivity index (χ2n) is 7.45. The number of ether oxygens (including phenoxy) is 1. The molecule has 0 aliphatic carbocycles. The Balaban J connectivity index is 1.39. The van der Waals surface area contributed by atoms with Crippen LogP contribution < -0.4 is 14.5 Å². The second-order valence-corrected chi connectivity index (χ2v) is 7.89. The number of fused-ring (bicyclic) bond motifs is 1. The molecule has 2 N–H and O–H groups in total. The summed E-state index contributed by atoms with van der Waals surface area (Å²) in [5.41, 5.74) is 2.79. The van der Waals surface area contributed by atoms with Gasteiger partial charge in [0.1, 0.15) is 45.0 Å². The van der Waals surface area contributed by atoms with Crippen molar-refractivity contribution in [3.63, 3.8) is 0 Å². The van der Waals surface area contributed by atoms with Gasteiger partial charge in [-0.15, -0.1) is 0 Å². The van der Waals surface area contributed by atoms with Crippen LogP contribution in [0.5, 0.6) is 5.75 Å². The highest BCUT2D eigenvalue weighted by molar-refractivity contribution is 6.30. The Hall–Kier alpha value is -2.07. The fraction of sp³-hybridized carbons (Fsp3) is 0.304. The Labute approximate surface area is 166 Å². The Bertz CT molecular complexity index is 902. The van der Waals surface area contributed by atoms with Gasteiger partial charge in [-0.3, -0.25) is 0 Å². The van der Waals surface area contributed by atoms with Crippen LogP contribution in [-0.2, 0) is 13.1 Å². The first kappa shape index (κ1) is 18.3. The zero-order valence-corrected chi connectivity index (χ0v) is 16.6. The van der Waals surface area contributed by atoms with E-state index in [4.69, 9.17) is 16.3 Å². The molecule has 1 aliphatic heterocycles. The van der Waals surface area contributed by atoms with Crippen LogP contribution in [0.2, 0.25) is 5.02 Å². The summed E-state index contributed by atoms with van der Waals surface area (Å²) in [7, 11) is 1.75. The molecule has 0 bridgehead atoms. The summed E-state index contributed by atoms with van der Waals surface area (Å²) in [6.45, 7) is 7.03. The van der Waals surface area contributed by atoms with Crippen molar-refractivity contribution in [3.8, 4) is 5.75 Å². The van der Waals surface area contributed by atoms with Gasteiger partial charge in [0.05, 0.1) is 7.11 Å². The largest absolute Gasteiger partial charge is 0.496 e. The van der Waals surface area contributed by atoms with Gasteiger partial charge < -0.3 is 14.5 Å². The van der Waals surface area contributed by atoms with E-state index in [9.17, 15) is 0 Å². The van der Waals surface area contributed by atoms with E-state index in [1.54, 1.807) is 16.9 Å². The molecular weight excluding hydrogens is 356 g/mol. The van der Waals surface area contributed by atoms with Gasteiger partial charge in [0.25, 0.3) is 0 Å². The van der Waals surface area contributed by atoms with E-state index in [1.165, 1.54) is 48.1 Å². The summed E-state index contributed by atoms with van der Waals surface area (Å²) in [6, 6.07) is 21.2. The highest BCUT2D eigenvalue weighted by Crippen LogP contribution is 2.27. The maximum Gasteiger partial charge on any atom is 0.127 e. The molecule has 27 heavy (non-hydrogen) atoms. The van der Waals surface area contributed by atoms with Crippen LogP contribution >= 0.6 is 11.6 Å². The van der Waals surface area contributed by atoms with Crippen molar-refractivity contribution in [3.05, 3.63) is 76.8 Å². The van der Waals surface area contributed by atoms with Crippen LogP contribution in [0.4, 0.5) is 0 Å². The molecule has 140 valence electrons. The number of hydrogen-bond acceptors (Lipinski definition) is 1. The van der Waals surface area contributed by atoms with E-state index in [0.717, 1.165) is 23.9 Å². The quantitative estimate of drug-likeness (QED) is 0.690. The maximum absolute atomic E-state index is 5.99. The predicted octanol–water partition coefficient (Wildman–Crippen LogP) is 1.99. The smallest absolute Gasteiger partial charge is 0.127 e. The summed E-state index contributed by atoms with van der Waals surface area (Å²) in [5, 5.41) is 3.35. The van der Waals surface area contributed by atoms with E-state index >= 15 is 0 Å². The average Bonchev–Trinajstić information content (AvgIpc) is 2.71. The SMILES string of the molecule is COc1ccc(C[NH+]2CC[NH+](Cc3ccc(Cl)cc3)CC2)c2ccccc12. The maximum atomic E-state index is 5.99. The standard InChI is InChI=1S/C23H25ClN2O/c1-27-23-11-8-19(21-4-2-3-5-22(21)23)17-26-14-12-25(13-15-26)16-18-6-9-20(24)10-7-18/h2-11H,12-17H2,1H3/p+2. The van der Waals surface area contributed by atoms with E-state index < -0.39 is 0 Å². The van der Waals surface area contributed by atoms with Gasteiger partial charge in [0.15, 0.2) is 0 Å². The minimum atomic E-state index is 0.815. The van der Waals surface area contributed by atoms with Crippen LogP contribution in [0.3, 0.4) is 0 Å². The zero-order chi connectivity index (χ0) is 18.6. The van der Waals surface area contributed by atoms with Crippen LogP contribution in [0.1, 0.15) is 11.1 Å². The van der Waals surface area contributed by atoms with Crippen LogP contribution in [0, 0.1) is 0 Å². The molecule has 3 nitrogen and oxygen atoms in total. The Kier molecular flexibility index (Phi) is 5.63. The van der Waals surface area contributed by atoms with Gasteiger partial charge in [-0.25, -0.2) is 0 Å². The minimum absolute atomic E-state index is 0.815. The molecule has 0 amide bonds. The van der Waals surface area contributed by atoms with Gasteiger partial charge in [-0.2, -0.15) is 0 Å². The fourth-order valence-corrected chi connectivity index (χ4v) is 4.26. The summed E-state index contributed by atoms with van der Waals surface area (Å²) < 4.78 is 5.53. The molecule has 0 spiro atoms. The molecule has 3 aromatic carbocycles. The van der Waals surface area contributed by atoms with Gasteiger partial charge >= 0.3 is 0 Å². The lowest BCUT2D eigenvalue weighted by atomic mass is 10.0. The first-order valence-electron chi connectivity index (χ1n) is 9.69. The van der Waals surface area contributed by atoms with Crippen molar-refractivity contribution >= 4 is 22.4 Å². The Morgan fingerprint density at radius 1 is 0.778 bits per heavy atom. The molecule has 0 radical (unpaired) electrons. The lowest BCUT2D eigenvalue weighted by Crippen LogP contribution is -3.27. The van der Waals surface area contributed by atoms with Crippen LogP contribution in [0.15, 0.2) is 60.7 Å². The summed E-state index contributed by atoms with van der Waals surface area (Å²) in [4.78, 5) is 3.34. The normalized spacial score (nSPS) is 19.9. The number of nitrogens with one attached hydrogen (secondary N) is 2. The second kappa shape index (κ2) is 8.30. The van der Waals surface area contributed by atoms with Crippen molar-refractivity contribution in [2.24, 2.45) is 0 Å². The molecule has 1 saturated heterocycles. The summed E-state index contributed by atoms with van der Waals surface area (Å²) in [6.07, 6.45) is 0. The van der Waals surface area contributed by atoms with Crippen molar-refractivity contribution in [2.75, 3.05) is 33.3 Å². The molecule has 0 saturated carbocycles. The van der Waals surface area contributed by atoms with Gasteiger partial charge in [0.2, 0.25) is 0 Å². The summed E-state index contributed by atoms with van der Waals surface area (Å²) in [5.74, 6) is 0.960. The van der Waals surface area contributed by atoms with Crippen molar-refractivity contribution < 1.29 is 14.5 Å². The van der Waals surface area contributed by atoms with Gasteiger partial charge in [-0.05, 0) is 29.7 Å². The Morgan fingerprint density at radius 3 is 2.07 bits per heavy atom. The number of hydrogen-bond donors (Lipinski definition) is 2. The number of quaternary nitrogens is 2. The molecule has 4 rings (SSSR count). The number of piperazine rings is 1. The molecule has 0 unspecified atom stereocenters. The Morgan fingerprint density at radius 2 is 1.41 bits per heavy atom. The van der Waals surface area contributed by atoms with Crippen molar-refractivity contribution in [1.82, 2.24) is 0 Å². The lowest BCUT2D eigenvalue weighted by Gasteiger charge is -2.30. The molecule has 1 heterocycles. The number of methoxy groups -OCH3 is 1. The number of halogens is 1. The third-order valence-corrected chi connectivity index (χ3v) is 5.92. The molecule has 1 aliphatic rings. The molecular formula is C23H27ClN2O+2. The van der Waals surface area contributed by atoms with E-state index in [2.05, 4.69) is 48.5 Å². The van der Waals surface area contributed by atoms with E-state index in [-0.39, 0.29) is 0 Å². The van der Waals surface area contributed by atoms with E-state index in [1.807, 2.05) is 12.1 Å².